The summed E-state index contributed by atoms with van der Waals surface area (Å²) in [5.41, 5.74) is 4.35. The Morgan fingerprint density at radius 1 is 1.28 bits per heavy atom. The number of nitrogens with zero attached hydrogens (tertiary/aromatic N) is 3. The molecule has 0 amide bonds. The lowest BCUT2D eigenvalue weighted by Gasteiger charge is -2.05. The maximum atomic E-state index is 8.83. The van der Waals surface area contributed by atoms with Crippen molar-refractivity contribution in [2.24, 2.45) is 7.05 Å². The van der Waals surface area contributed by atoms with Crippen molar-refractivity contribution in [3.63, 3.8) is 0 Å². The zero-order valence-electron chi connectivity index (χ0n) is 11.1. The molecule has 1 heterocycles. The van der Waals surface area contributed by atoms with E-state index in [-0.39, 0.29) is 0 Å². The van der Waals surface area contributed by atoms with E-state index in [1.54, 1.807) is 0 Å². The standard InChI is InChI=1S/C15H17N3/c1-4-12-5-7-13(8-6-12)15-17-11(2)14(9-10-16)18(15)3/h5-8H,4,9H2,1-3H3. The van der Waals surface area contributed by atoms with E-state index in [0.29, 0.717) is 6.42 Å². The second-order valence-electron chi connectivity index (χ2n) is 4.41. The predicted octanol–water partition coefficient (Wildman–Crippen LogP) is 3.02. The Bertz CT molecular complexity index is 585. The van der Waals surface area contributed by atoms with Gasteiger partial charge in [0.05, 0.1) is 23.9 Å². The van der Waals surface area contributed by atoms with Crippen LogP contribution in [0.5, 0.6) is 0 Å². The summed E-state index contributed by atoms with van der Waals surface area (Å²) in [4.78, 5) is 4.57. The third kappa shape index (κ3) is 2.14. The molecule has 0 unspecified atom stereocenters. The number of hydrogen-bond donors (Lipinski definition) is 0. The van der Waals surface area contributed by atoms with Crippen LogP contribution in [-0.2, 0) is 19.9 Å². The Balaban J connectivity index is 2.44. The highest BCUT2D eigenvalue weighted by Gasteiger charge is 2.12. The SMILES string of the molecule is CCc1ccc(-c2nc(C)c(CC#N)n2C)cc1. The van der Waals surface area contributed by atoms with Crippen LogP contribution in [0.3, 0.4) is 0 Å². The third-order valence-corrected chi connectivity index (χ3v) is 3.28. The summed E-state index contributed by atoms with van der Waals surface area (Å²) in [6, 6.07) is 10.6. The summed E-state index contributed by atoms with van der Waals surface area (Å²) in [7, 11) is 1.97. The number of rotatable bonds is 3. The molecule has 0 aliphatic rings. The first-order valence-electron chi connectivity index (χ1n) is 6.15. The summed E-state index contributed by atoms with van der Waals surface area (Å²) >= 11 is 0. The fraction of sp³-hybridized carbons (Fsp3) is 0.333. The van der Waals surface area contributed by atoms with E-state index in [4.69, 9.17) is 5.26 Å². The van der Waals surface area contributed by atoms with Crippen molar-refractivity contribution < 1.29 is 0 Å². The van der Waals surface area contributed by atoms with Crippen molar-refractivity contribution in [3.05, 3.63) is 41.2 Å². The average molecular weight is 239 g/mol. The van der Waals surface area contributed by atoms with Crippen molar-refractivity contribution in [3.8, 4) is 17.5 Å². The minimum absolute atomic E-state index is 0.405. The van der Waals surface area contributed by atoms with Crippen molar-refractivity contribution in [1.82, 2.24) is 9.55 Å². The van der Waals surface area contributed by atoms with Gasteiger partial charge in [0.15, 0.2) is 0 Å². The largest absolute Gasteiger partial charge is 0.330 e. The second-order valence-corrected chi connectivity index (χ2v) is 4.41. The Labute approximate surface area is 108 Å². The number of nitriles is 1. The molecule has 0 aliphatic heterocycles. The Hall–Kier alpha value is -2.08. The zero-order chi connectivity index (χ0) is 13.1. The van der Waals surface area contributed by atoms with Crippen molar-refractivity contribution in [2.45, 2.75) is 26.7 Å². The van der Waals surface area contributed by atoms with Gasteiger partial charge in [-0.1, -0.05) is 31.2 Å². The van der Waals surface area contributed by atoms with Gasteiger partial charge in [0, 0.05) is 12.6 Å². The maximum absolute atomic E-state index is 8.83. The lowest BCUT2D eigenvalue weighted by atomic mass is 10.1. The van der Waals surface area contributed by atoms with E-state index in [1.807, 2.05) is 18.5 Å². The van der Waals surface area contributed by atoms with Crippen molar-refractivity contribution in [1.29, 1.82) is 5.26 Å². The van der Waals surface area contributed by atoms with E-state index in [2.05, 4.69) is 42.2 Å². The van der Waals surface area contributed by atoms with E-state index in [9.17, 15) is 0 Å². The van der Waals surface area contributed by atoms with E-state index >= 15 is 0 Å². The zero-order valence-corrected chi connectivity index (χ0v) is 11.1. The molecule has 0 fully saturated rings. The van der Waals surface area contributed by atoms with E-state index < -0.39 is 0 Å². The van der Waals surface area contributed by atoms with Crippen LogP contribution < -0.4 is 0 Å². The number of imidazole rings is 1. The number of aryl methyl sites for hydroxylation is 2. The topological polar surface area (TPSA) is 41.6 Å². The third-order valence-electron chi connectivity index (χ3n) is 3.28. The number of hydrogen-bond acceptors (Lipinski definition) is 2. The molecule has 0 radical (unpaired) electrons. The van der Waals surface area contributed by atoms with Gasteiger partial charge in [-0.25, -0.2) is 4.98 Å². The maximum Gasteiger partial charge on any atom is 0.140 e. The first kappa shape index (κ1) is 12.4. The molecule has 0 saturated carbocycles. The van der Waals surface area contributed by atoms with Crippen LogP contribution >= 0.6 is 0 Å². The molecular weight excluding hydrogens is 222 g/mol. The normalized spacial score (nSPS) is 10.3. The molecule has 0 saturated heterocycles. The van der Waals surface area contributed by atoms with Gasteiger partial charge in [0.25, 0.3) is 0 Å². The Morgan fingerprint density at radius 2 is 1.94 bits per heavy atom. The summed E-state index contributed by atoms with van der Waals surface area (Å²) in [5.74, 6) is 0.931. The van der Waals surface area contributed by atoms with Crippen LogP contribution in [0.15, 0.2) is 24.3 Å². The van der Waals surface area contributed by atoms with Gasteiger partial charge in [0.2, 0.25) is 0 Å². The van der Waals surface area contributed by atoms with Crippen molar-refractivity contribution >= 4 is 0 Å². The molecule has 0 spiro atoms. The lowest BCUT2D eigenvalue weighted by Crippen LogP contribution is -1.98. The quantitative estimate of drug-likeness (QED) is 0.826. The molecule has 1 aromatic heterocycles. The molecule has 0 atom stereocenters. The van der Waals surface area contributed by atoms with Gasteiger partial charge in [-0.2, -0.15) is 5.26 Å². The fourth-order valence-electron chi connectivity index (χ4n) is 2.14. The first-order chi connectivity index (χ1) is 8.67. The molecule has 3 heteroatoms. The molecule has 0 bridgehead atoms. The van der Waals surface area contributed by atoms with Gasteiger partial charge >= 0.3 is 0 Å². The lowest BCUT2D eigenvalue weighted by molar-refractivity contribution is 0.859. The number of aromatic nitrogens is 2. The fourth-order valence-corrected chi connectivity index (χ4v) is 2.14. The van der Waals surface area contributed by atoms with Crippen molar-refractivity contribution in [2.75, 3.05) is 0 Å². The molecule has 2 rings (SSSR count). The smallest absolute Gasteiger partial charge is 0.140 e. The van der Waals surface area contributed by atoms with Crippen LogP contribution in [0.4, 0.5) is 0 Å². The van der Waals surface area contributed by atoms with Crippen LogP contribution in [0, 0.1) is 18.3 Å². The highest BCUT2D eigenvalue weighted by Crippen LogP contribution is 2.22. The molecule has 92 valence electrons. The molecule has 0 aliphatic carbocycles. The highest BCUT2D eigenvalue weighted by molar-refractivity contribution is 5.57. The Morgan fingerprint density at radius 3 is 2.50 bits per heavy atom. The summed E-state index contributed by atoms with van der Waals surface area (Å²) in [6.45, 7) is 4.10. The summed E-state index contributed by atoms with van der Waals surface area (Å²) in [6.07, 6.45) is 1.45. The van der Waals surface area contributed by atoms with E-state index in [1.165, 1.54) is 5.56 Å². The van der Waals surface area contributed by atoms with Crippen LogP contribution in [-0.4, -0.2) is 9.55 Å². The van der Waals surface area contributed by atoms with Crippen LogP contribution in [0.25, 0.3) is 11.4 Å². The minimum atomic E-state index is 0.405. The minimum Gasteiger partial charge on any atom is -0.330 e. The van der Waals surface area contributed by atoms with E-state index in [0.717, 1.165) is 29.2 Å². The van der Waals surface area contributed by atoms with Gasteiger partial charge in [-0.15, -0.1) is 0 Å². The molecule has 0 N–H and O–H groups in total. The van der Waals surface area contributed by atoms with Gasteiger partial charge in [0.1, 0.15) is 5.82 Å². The van der Waals surface area contributed by atoms with Gasteiger partial charge in [-0.05, 0) is 18.9 Å². The average Bonchev–Trinajstić information content (AvgIpc) is 2.67. The Kier molecular flexibility index (Phi) is 3.47. The summed E-state index contributed by atoms with van der Waals surface area (Å²) < 4.78 is 2.01. The summed E-state index contributed by atoms with van der Waals surface area (Å²) in [5, 5.41) is 8.83. The first-order valence-corrected chi connectivity index (χ1v) is 6.15. The van der Waals surface area contributed by atoms with Gasteiger partial charge < -0.3 is 4.57 Å². The molecule has 3 nitrogen and oxygen atoms in total. The molecule has 18 heavy (non-hydrogen) atoms. The predicted molar refractivity (Wildman–Crippen MR) is 72.1 cm³/mol. The monoisotopic (exact) mass is 239 g/mol. The number of benzene rings is 1. The highest BCUT2D eigenvalue weighted by atomic mass is 15.1. The molecular formula is C15H17N3. The van der Waals surface area contributed by atoms with Crippen LogP contribution in [0.1, 0.15) is 23.9 Å². The second kappa shape index (κ2) is 5.05. The van der Waals surface area contributed by atoms with Crippen LogP contribution in [0.2, 0.25) is 0 Å². The molecule has 2 aromatic rings. The molecule has 1 aromatic carbocycles. The van der Waals surface area contributed by atoms with Gasteiger partial charge in [-0.3, -0.25) is 0 Å².